The van der Waals surface area contributed by atoms with Gasteiger partial charge in [-0.2, -0.15) is 5.10 Å². The maximum Gasteiger partial charge on any atom is 0.201 e. The number of fused-ring (bicyclic) bond motifs is 2. The number of rotatable bonds is 3. The first kappa shape index (κ1) is 16.7. The van der Waals surface area contributed by atoms with Crippen molar-refractivity contribution in [3.8, 4) is 28.3 Å². The fourth-order valence-corrected chi connectivity index (χ4v) is 4.71. The van der Waals surface area contributed by atoms with E-state index in [1.54, 1.807) is 23.0 Å². The van der Waals surface area contributed by atoms with E-state index >= 15 is 0 Å². The van der Waals surface area contributed by atoms with Crippen molar-refractivity contribution < 1.29 is 14.2 Å². The van der Waals surface area contributed by atoms with Crippen LogP contribution < -0.4 is 0 Å². The molecule has 1 saturated heterocycles. The van der Waals surface area contributed by atoms with E-state index in [4.69, 9.17) is 4.74 Å². The second-order valence-electron chi connectivity index (χ2n) is 7.91. The molecule has 6 rings (SSSR count). The molecule has 0 bridgehead atoms. The molecule has 4 heterocycles. The summed E-state index contributed by atoms with van der Waals surface area (Å²) in [7, 11) is 1.85. The van der Waals surface area contributed by atoms with Crippen LogP contribution in [0.4, 0.5) is 4.39 Å². The Hall–Kier alpha value is -3.19. The number of ether oxygens (including phenoxy) is 1. The minimum absolute atomic E-state index is 0.233. The molecule has 146 valence electrons. The summed E-state index contributed by atoms with van der Waals surface area (Å²) in [6, 6.07) is 8.46. The molecule has 1 unspecified atom stereocenters. The molecule has 29 heavy (non-hydrogen) atoms. The molecule has 1 aliphatic carbocycles. The Morgan fingerprint density at radius 1 is 1.07 bits per heavy atom. The first-order chi connectivity index (χ1) is 14.1. The molecule has 1 aromatic carbocycles. The van der Waals surface area contributed by atoms with E-state index in [9.17, 15) is 9.50 Å². The van der Waals surface area contributed by atoms with Crippen LogP contribution in [0.5, 0.6) is 5.88 Å². The number of hydrogen-bond donors (Lipinski definition) is 1. The average Bonchev–Trinajstić information content (AvgIpc) is 3.10. The number of halogens is 1. The Morgan fingerprint density at radius 3 is 2.59 bits per heavy atom. The predicted octanol–water partition coefficient (Wildman–Crippen LogP) is 3.77. The molecule has 0 radical (unpaired) electrons. The lowest BCUT2D eigenvalue weighted by molar-refractivity contribution is 0.151. The van der Waals surface area contributed by atoms with Gasteiger partial charge in [-0.3, -0.25) is 9.67 Å². The van der Waals surface area contributed by atoms with E-state index in [1.807, 2.05) is 30.1 Å². The summed E-state index contributed by atoms with van der Waals surface area (Å²) in [5, 5.41) is 16.4. The van der Waals surface area contributed by atoms with E-state index in [0.29, 0.717) is 11.8 Å². The van der Waals surface area contributed by atoms with Crippen molar-refractivity contribution in [2.75, 3.05) is 13.2 Å². The third kappa shape index (κ3) is 2.43. The summed E-state index contributed by atoms with van der Waals surface area (Å²) in [6.07, 6.45) is 5.61. The molecule has 6 nitrogen and oxygen atoms in total. The topological polar surface area (TPSA) is 65.1 Å². The number of benzene rings is 1. The highest BCUT2D eigenvalue weighted by molar-refractivity contribution is 6.01. The Morgan fingerprint density at radius 2 is 1.83 bits per heavy atom. The molecule has 1 N–H and O–H groups in total. The van der Waals surface area contributed by atoms with Crippen molar-refractivity contribution in [3.63, 3.8) is 0 Å². The third-order valence-corrected chi connectivity index (χ3v) is 6.17. The molecule has 1 saturated carbocycles. The van der Waals surface area contributed by atoms with Gasteiger partial charge >= 0.3 is 0 Å². The van der Waals surface area contributed by atoms with E-state index in [-0.39, 0.29) is 17.7 Å². The Bertz CT molecular complexity index is 1230. The average molecular weight is 390 g/mol. The second kappa shape index (κ2) is 5.90. The van der Waals surface area contributed by atoms with Crippen LogP contribution in [0.1, 0.15) is 6.04 Å². The van der Waals surface area contributed by atoms with E-state index in [2.05, 4.69) is 10.1 Å². The smallest absolute Gasteiger partial charge is 0.201 e. The number of aryl methyl sites for hydroxylation is 1. The maximum atomic E-state index is 13.4. The molecule has 1 aliphatic heterocycles. The quantitative estimate of drug-likeness (QED) is 0.578. The summed E-state index contributed by atoms with van der Waals surface area (Å²) in [5.41, 5.74) is 4.04. The van der Waals surface area contributed by atoms with Gasteiger partial charge in [0.15, 0.2) is 0 Å². The van der Waals surface area contributed by atoms with Crippen LogP contribution in [0.15, 0.2) is 48.9 Å². The van der Waals surface area contributed by atoms with Crippen molar-refractivity contribution in [1.82, 2.24) is 19.3 Å². The Labute approximate surface area is 166 Å². The molecule has 4 aromatic rings. The lowest BCUT2D eigenvalue weighted by Gasteiger charge is -2.08. The first-order valence-corrected chi connectivity index (χ1v) is 9.68. The van der Waals surface area contributed by atoms with Crippen LogP contribution in [-0.2, 0) is 11.8 Å². The molecular weight excluding hydrogens is 371 g/mol. The van der Waals surface area contributed by atoms with Gasteiger partial charge in [0.25, 0.3) is 0 Å². The second-order valence-corrected chi connectivity index (χ2v) is 7.91. The zero-order valence-corrected chi connectivity index (χ0v) is 15.8. The molecule has 0 spiro atoms. The van der Waals surface area contributed by atoms with Gasteiger partial charge in [-0.1, -0.05) is 0 Å². The molecular formula is C22H19FN4O2. The van der Waals surface area contributed by atoms with Crippen LogP contribution in [0.2, 0.25) is 0 Å². The Kier molecular flexibility index (Phi) is 3.41. The normalized spacial score (nSPS) is 22.9. The highest BCUT2D eigenvalue weighted by atomic mass is 19.1. The van der Waals surface area contributed by atoms with Crippen molar-refractivity contribution in [2.45, 2.75) is 6.04 Å². The van der Waals surface area contributed by atoms with Gasteiger partial charge in [0.05, 0.1) is 24.1 Å². The lowest BCUT2D eigenvalue weighted by atomic mass is 10.00. The minimum Gasteiger partial charge on any atom is -0.494 e. The van der Waals surface area contributed by atoms with Crippen LogP contribution in [0, 0.1) is 17.7 Å². The highest BCUT2D eigenvalue weighted by Gasteiger charge is 2.56. The minimum atomic E-state index is -0.286. The summed E-state index contributed by atoms with van der Waals surface area (Å²) in [4.78, 5) is 4.48. The summed E-state index contributed by atoms with van der Waals surface area (Å²) >= 11 is 0. The van der Waals surface area contributed by atoms with Crippen molar-refractivity contribution in [3.05, 3.63) is 54.7 Å². The van der Waals surface area contributed by atoms with Gasteiger partial charge in [0.1, 0.15) is 11.5 Å². The Balaban J connectivity index is 1.52. The largest absolute Gasteiger partial charge is 0.494 e. The van der Waals surface area contributed by atoms with Crippen molar-refractivity contribution >= 4 is 10.9 Å². The van der Waals surface area contributed by atoms with Gasteiger partial charge < -0.3 is 14.4 Å². The molecule has 2 aliphatic rings. The fourth-order valence-electron chi connectivity index (χ4n) is 4.71. The monoisotopic (exact) mass is 390 g/mol. The van der Waals surface area contributed by atoms with Gasteiger partial charge in [-0.25, -0.2) is 4.39 Å². The molecule has 0 amide bonds. The zero-order valence-electron chi connectivity index (χ0n) is 15.8. The fraction of sp³-hybridized carbons (Fsp3) is 0.273. The SMILES string of the molecule is Cn1cc(-c2ccnc3cn(C4[C@H]5COC[C@@H]45)c(O)c23)c(-c2ccc(F)cc2)n1. The number of nitrogens with zero attached hydrogens (tertiary/aromatic N) is 4. The molecule has 2 fully saturated rings. The van der Waals surface area contributed by atoms with E-state index in [0.717, 1.165) is 46.5 Å². The van der Waals surface area contributed by atoms with Gasteiger partial charge in [0.2, 0.25) is 5.88 Å². The zero-order chi connectivity index (χ0) is 19.7. The van der Waals surface area contributed by atoms with E-state index < -0.39 is 0 Å². The lowest BCUT2D eigenvalue weighted by Crippen LogP contribution is -2.03. The van der Waals surface area contributed by atoms with Crippen LogP contribution in [-0.4, -0.2) is 37.7 Å². The van der Waals surface area contributed by atoms with Gasteiger partial charge in [-0.15, -0.1) is 0 Å². The van der Waals surface area contributed by atoms with Crippen LogP contribution in [0.25, 0.3) is 33.3 Å². The summed E-state index contributed by atoms with van der Waals surface area (Å²) < 4.78 is 22.6. The third-order valence-electron chi connectivity index (χ3n) is 6.17. The predicted molar refractivity (Wildman–Crippen MR) is 106 cm³/mol. The van der Waals surface area contributed by atoms with Gasteiger partial charge in [-0.05, 0) is 30.3 Å². The molecule has 3 atom stereocenters. The number of pyridine rings is 1. The first-order valence-electron chi connectivity index (χ1n) is 9.68. The number of aromatic hydroxyl groups is 1. The standard InChI is InChI=1S/C22H19FN4O2/c1-26-8-15(20(25-26)12-2-4-13(23)5-3-12)14-6-7-24-18-9-27(22(28)19(14)18)21-16-10-29-11-17(16)21/h2-9,16-17,21,28H,10-11H2,1H3/t16-,17+,21?. The molecule has 7 heteroatoms. The highest BCUT2D eigenvalue weighted by Crippen LogP contribution is 2.56. The van der Waals surface area contributed by atoms with Crippen molar-refractivity contribution in [1.29, 1.82) is 0 Å². The van der Waals surface area contributed by atoms with Crippen LogP contribution in [0.3, 0.4) is 0 Å². The summed E-state index contributed by atoms with van der Waals surface area (Å²) in [5.74, 6) is 0.890. The van der Waals surface area contributed by atoms with Crippen LogP contribution >= 0.6 is 0 Å². The maximum absolute atomic E-state index is 13.4. The number of hydrogen-bond acceptors (Lipinski definition) is 4. The van der Waals surface area contributed by atoms with E-state index in [1.165, 1.54) is 12.1 Å². The summed E-state index contributed by atoms with van der Waals surface area (Å²) in [6.45, 7) is 1.50. The molecule has 3 aromatic heterocycles. The van der Waals surface area contributed by atoms with Gasteiger partial charge in [0, 0.05) is 60.2 Å². The van der Waals surface area contributed by atoms with Crippen molar-refractivity contribution in [2.24, 2.45) is 18.9 Å². The number of aromatic nitrogens is 4.